The molecule has 1 aromatic carbocycles. The molecule has 1 atom stereocenters. The Hall–Kier alpha value is -0.810. The van der Waals surface area contributed by atoms with Gasteiger partial charge in [0.2, 0.25) is 0 Å². The summed E-state index contributed by atoms with van der Waals surface area (Å²) < 4.78 is 5.23. The quantitative estimate of drug-likeness (QED) is 0.904. The minimum Gasteiger partial charge on any atom is -0.394 e. The molecule has 1 unspecified atom stereocenters. The number of nitrogens with zero attached hydrogens (tertiary/aromatic N) is 1. The van der Waals surface area contributed by atoms with E-state index in [1.54, 1.807) is 17.0 Å². The van der Waals surface area contributed by atoms with Crippen LogP contribution < -0.4 is 0 Å². The van der Waals surface area contributed by atoms with Gasteiger partial charge in [-0.15, -0.1) is 0 Å². The molecule has 2 rings (SSSR count). The molecular weight excluding hydrogens is 277 g/mol. The van der Waals surface area contributed by atoms with Crippen LogP contribution in [0.4, 0.5) is 0 Å². The molecule has 1 aromatic rings. The molecule has 0 saturated carbocycles. The number of rotatable bonds is 2. The van der Waals surface area contributed by atoms with E-state index in [2.05, 4.69) is 0 Å². The Bertz CT molecular complexity index is 453. The van der Waals surface area contributed by atoms with Gasteiger partial charge in [0, 0.05) is 11.6 Å². The van der Waals surface area contributed by atoms with Crippen molar-refractivity contribution in [3.05, 3.63) is 33.8 Å². The first-order valence-corrected chi connectivity index (χ1v) is 6.33. The number of hydrogen-bond donors (Lipinski definition) is 1. The molecule has 1 N–H and O–H groups in total. The van der Waals surface area contributed by atoms with Gasteiger partial charge in [-0.3, -0.25) is 4.79 Å². The molecule has 0 radical (unpaired) electrons. The summed E-state index contributed by atoms with van der Waals surface area (Å²) in [7, 11) is 0. The van der Waals surface area contributed by atoms with E-state index >= 15 is 0 Å². The molecule has 6 heteroatoms. The highest BCUT2D eigenvalue weighted by atomic mass is 35.5. The van der Waals surface area contributed by atoms with Crippen molar-refractivity contribution >= 4 is 29.1 Å². The van der Waals surface area contributed by atoms with Gasteiger partial charge < -0.3 is 14.7 Å². The zero-order chi connectivity index (χ0) is 13.1. The Morgan fingerprint density at radius 3 is 2.94 bits per heavy atom. The number of amides is 1. The van der Waals surface area contributed by atoms with Crippen molar-refractivity contribution in [1.29, 1.82) is 0 Å². The van der Waals surface area contributed by atoms with Crippen LogP contribution in [0.3, 0.4) is 0 Å². The molecule has 0 aromatic heterocycles. The van der Waals surface area contributed by atoms with Crippen molar-refractivity contribution in [2.45, 2.75) is 6.04 Å². The second-order valence-corrected chi connectivity index (χ2v) is 4.88. The monoisotopic (exact) mass is 289 g/mol. The Balaban J connectivity index is 2.24. The first-order chi connectivity index (χ1) is 8.63. The molecule has 1 heterocycles. The van der Waals surface area contributed by atoms with Gasteiger partial charge in [0.05, 0.1) is 36.4 Å². The molecule has 4 nitrogen and oxygen atoms in total. The number of aliphatic hydroxyl groups excluding tert-OH is 1. The number of halogens is 2. The fraction of sp³-hybridized carbons (Fsp3) is 0.417. The molecule has 1 aliphatic rings. The van der Waals surface area contributed by atoms with E-state index in [9.17, 15) is 9.90 Å². The fourth-order valence-corrected chi connectivity index (χ4v) is 2.38. The summed E-state index contributed by atoms with van der Waals surface area (Å²) >= 11 is 11.8. The maximum atomic E-state index is 12.3. The number of carbonyl (C=O) groups is 1. The highest BCUT2D eigenvalue weighted by molar-refractivity contribution is 6.36. The lowest BCUT2D eigenvalue weighted by molar-refractivity contribution is -0.0183. The molecule has 0 spiro atoms. The number of hydrogen-bond acceptors (Lipinski definition) is 3. The standard InChI is InChI=1S/C12H13Cl2NO3/c13-8-1-2-10(11(14)5-8)12(17)15-3-4-18-7-9(15)6-16/h1-2,5,9,16H,3-4,6-7H2. The molecule has 98 valence electrons. The van der Waals surface area contributed by atoms with Gasteiger partial charge in [-0.25, -0.2) is 0 Å². The highest BCUT2D eigenvalue weighted by Crippen LogP contribution is 2.23. The van der Waals surface area contributed by atoms with Crippen molar-refractivity contribution in [2.75, 3.05) is 26.4 Å². The van der Waals surface area contributed by atoms with Crippen LogP contribution in [0.15, 0.2) is 18.2 Å². The first-order valence-electron chi connectivity index (χ1n) is 5.58. The summed E-state index contributed by atoms with van der Waals surface area (Å²) in [5.41, 5.74) is 0.390. The van der Waals surface area contributed by atoms with Crippen LogP contribution in [-0.2, 0) is 4.74 Å². The van der Waals surface area contributed by atoms with Gasteiger partial charge in [0.15, 0.2) is 0 Å². The van der Waals surface area contributed by atoms with Crippen molar-refractivity contribution in [3.8, 4) is 0 Å². The average molecular weight is 290 g/mol. The van der Waals surface area contributed by atoms with E-state index in [1.165, 1.54) is 6.07 Å². The fourth-order valence-electron chi connectivity index (χ4n) is 1.89. The van der Waals surface area contributed by atoms with Gasteiger partial charge in [0.25, 0.3) is 5.91 Å². The minimum absolute atomic E-state index is 0.128. The van der Waals surface area contributed by atoms with Crippen LogP contribution in [-0.4, -0.2) is 48.3 Å². The maximum absolute atomic E-state index is 12.3. The second-order valence-electron chi connectivity index (χ2n) is 4.03. The summed E-state index contributed by atoms with van der Waals surface area (Å²) in [6, 6.07) is 4.43. The van der Waals surface area contributed by atoms with Gasteiger partial charge in [-0.1, -0.05) is 23.2 Å². The third-order valence-electron chi connectivity index (χ3n) is 2.86. The molecule has 0 bridgehead atoms. The number of ether oxygens (including phenoxy) is 1. The summed E-state index contributed by atoms with van der Waals surface area (Å²) in [6.07, 6.45) is 0. The lowest BCUT2D eigenvalue weighted by Crippen LogP contribution is -2.50. The van der Waals surface area contributed by atoms with E-state index < -0.39 is 0 Å². The number of aliphatic hydroxyl groups is 1. The maximum Gasteiger partial charge on any atom is 0.255 e. The highest BCUT2D eigenvalue weighted by Gasteiger charge is 2.28. The summed E-state index contributed by atoms with van der Waals surface area (Å²) in [5.74, 6) is -0.209. The predicted octanol–water partition coefficient (Wildman–Crippen LogP) is 1.83. The van der Waals surface area contributed by atoms with E-state index in [1.807, 2.05) is 0 Å². The van der Waals surface area contributed by atoms with Crippen LogP contribution in [0, 0.1) is 0 Å². The van der Waals surface area contributed by atoms with Gasteiger partial charge in [0.1, 0.15) is 0 Å². The Labute approximate surface area is 115 Å². The van der Waals surface area contributed by atoms with Gasteiger partial charge >= 0.3 is 0 Å². The number of morpholine rings is 1. The number of benzene rings is 1. The first kappa shape index (κ1) is 13.6. The number of carbonyl (C=O) groups excluding carboxylic acids is 1. The molecule has 1 fully saturated rings. The van der Waals surface area contributed by atoms with Crippen LogP contribution in [0.1, 0.15) is 10.4 Å². The Morgan fingerprint density at radius 1 is 1.50 bits per heavy atom. The van der Waals surface area contributed by atoms with Crippen LogP contribution >= 0.6 is 23.2 Å². The van der Waals surface area contributed by atoms with Crippen molar-refractivity contribution in [3.63, 3.8) is 0 Å². The lowest BCUT2D eigenvalue weighted by Gasteiger charge is -2.34. The predicted molar refractivity (Wildman–Crippen MR) is 69.2 cm³/mol. The van der Waals surface area contributed by atoms with Crippen LogP contribution in [0.2, 0.25) is 10.0 Å². The molecule has 0 aliphatic carbocycles. The van der Waals surface area contributed by atoms with Gasteiger partial charge in [-0.05, 0) is 18.2 Å². The minimum atomic E-state index is -0.321. The van der Waals surface area contributed by atoms with E-state index in [0.717, 1.165) is 0 Å². The van der Waals surface area contributed by atoms with Crippen LogP contribution in [0.5, 0.6) is 0 Å². The van der Waals surface area contributed by atoms with E-state index in [-0.39, 0.29) is 18.6 Å². The Kier molecular flexibility index (Phi) is 4.45. The second kappa shape index (κ2) is 5.89. The van der Waals surface area contributed by atoms with Gasteiger partial charge in [-0.2, -0.15) is 0 Å². The molecule has 1 amide bonds. The van der Waals surface area contributed by atoms with Crippen molar-refractivity contribution < 1.29 is 14.6 Å². The zero-order valence-corrected chi connectivity index (χ0v) is 11.1. The lowest BCUT2D eigenvalue weighted by atomic mass is 10.1. The largest absolute Gasteiger partial charge is 0.394 e. The molecular formula is C12H13Cl2NO3. The normalized spacial score (nSPS) is 19.9. The van der Waals surface area contributed by atoms with E-state index in [0.29, 0.717) is 35.4 Å². The van der Waals surface area contributed by atoms with Crippen LogP contribution in [0.25, 0.3) is 0 Å². The topological polar surface area (TPSA) is 49.8 Å². The average Bonchev–Trinajstić information content (AvgIpc) is 2.38. The van der Waals surface area contributed by atoms with E-state index in [4.69, 9.17) is 27.9 Å². The third kappa shape index (κ3) is 2.78. The van der Waals surface area contributed by atoms with Crippen molar-refractivity contribution in [2.24, 2.45) is 0 Å². The third-order valence-corrected chi connectivity index (χ3v) is 3.41. The molecule has 1 saturated heterocycles. The molecule has 18 heavy (non-hydrogen) atoms. The van der Waals surface area contributed by atoms with Crippen molar-refractivity contribution in [1.82, 2.24) is 4.90 Å². The zero-order valence-electron chi connectivity index (χ0n) is 9.60. The molecule has 1 aliphatic heterocycles. The summed E-state index contributed by atoms with van der Waals surface area (Å²) in [6.45, 7) is 1.13. The smallest absolute Gasteiger partial charge is 0.255 e. The summed E-state index contributed by atoms with van der Waals surface area (Å²) in [4.78, 5) is 13.9. The SMILES string of the molecule is O=C(c1ccc(Cl)cc1Cl)N1CCOCC1CO. The Morgan fingerprint density at radius 2 is 2.28 bits per heavy atom. The summed E-state index contributed by atoms with van der Waals surface area (Å²) in [5, 5.41) is 10.0.